The first-order valence-electron chi connectivity index (χ1n) is 4.98. The van der Waals surface area contributed by atoms with Crippen molar-refractivity contribution < 1.29 is 14.3 Å². The van der Waals surface area contributed by atoms with E-state index in [1.165, 1.54) is 0 Å². The molecule has 0 N–H and O–H groups in total. The third-order valence-corrected chi connectivity index (χ3v) is 2.16. The Morgan fingerprint density at radius 1 is 1.40 bits per heavy atom. The SMILES string of the molecule is CCOC(=O)c1ccc(C=O)c(CC)c1. The molecule has 0 heterocycles. The minimum Gasteiger partial charge on any atom is -0.462 e. The van der Waals surface area contributed by atoms with E-state index in [2.05, 4.69) is 0 Å². The topological polar surface area (TPSA) is 43.4 Å². The van der Waals surface area contributed by atoms with Gasteiger partial charge in [-0.25, -0.2) is 4.79 Å². The maximum absolute atomic E-state index is 11.4. The molecule has 0 atom stereocenters. The third-order valence-electron chi connectivity index (χ3n) is 2.16. The van der Waals surface area contributed by atoms with Crippen LogP contribution in [-0.4, -0.2) is 18.9 Å². The van der Waals surface area contributed by atoms with E-state index < -0.39 is 0 Å². The molecule has 0 aliphatic rings. The first-order valence-corrected chi connectivity index (χ1v) is 4.98. The average Bonchev–Trinajstić information content (AvgIpc) is 2.28. The number of rotatable bonds is 4. The molecule has 0 unspecified atom stereocenters. The van der Waals surface area contributed by atoms with Crippen molar-refractivity contribution in [2.45, 2.75) is 20.3 Å². The van der Waals surface area contributed by atoms with Gasteiger partial charge in [-0.1, -0.05) is 13.0 Å². The summed E-state index contributed by atoms with van der Waals surface area (Å²) in [4.78, 5) is 22.1. The molecule has 0 aliphatic heterocycles. The van der Waals surface area contributed by atoms with Crippen molar-refractivity contribution >= 4 is 12.3 Å². The second kappa shape index (κ2) is 5.29. The summed E-state index contributed by atoms with van der Waals surface area (Å²) in [6, 6.07) is 4.97. The predicted molar refractivity (Wildman–Crippen MR) is 57.2 cm³/mol. The molecule has 80 valence electrons. The summed E-state index contributed by atoms with van der Waals surface area (Å²) in [5.41, 5.74) is 2.00. The highest BCUT2D eigenvalue weighted by atomic mass is 16.5. The summed E-state index contributed by atoms with van der Waals surface area (Å²) < 4.78 is 4.87. The highest BCUT2D eigenvalue weighted by molar-refractivity contribution is 5.91. The number of aldehydes is 1. The van der Waals surface area contributed by atoms with Crippen LogP contribution in [0.25, 0.3) is 0 Å². The number of carbonyl (C=O) groups excluding carboxylic acids is 2. The standard InChI is InChI=1S/C12H14O3/c1-3-9-7-10(12(14)15-4-2)5-6-11(9)8-13/h5-8H,3-4H2,1-2H3. The van der Waals surface area contributed by atoms with E-state index >= 15 is 0 Å². The van der Waals surface area contributed by atoms with Gasteiger partial charge in [0.15, 0.2) is 0 Å². The minimum atomic E-state index is -0.343. The van der Waals surface area contributed by atoms with Crippen LogP contribution < -0.4 is 0 Å². The van der Waals surface area contributed by atoms with Crippen LogP contribution in [0.3, 0.4) is 0 Å². The first kappa shape index (κ1) is 11.4. The van der Waals surface area contributed by atoms with Crippen molar-refractivity contribution in [1.29, 1.82) is 0 Å². The molecule has 1 rings (SSSR count). The minimum absolute atomic E-state index is 0.343. The number of ether oxygens (including phenoxy) is 1. The molecule has 0 bridgehead atoms. The zero-order valence-corrected chi connectivity index (χ0v) is 8.95. The fraction of sp³-hybridized carbons (Fsp3) is 0.333. The van der Waals surface area contributed by atoms with Crippen molar-refractivity contribution in [3.63, 3.8) is 0 Å². The summed E-state index contributed by atoms with van der Waals surface area (Å²) in [7, 11) is 0. The van der Waals surface area contributed by atoms with E-state index in [9.17, 15) is 9.59 Å². The molecule has 1 aromatic carbocycles. The number of aryl methyl sites for hydroxylation is 1. The van der Waals surface area contributed by atoms with E-state index in [1.807, 2.05) is 6.92 Å². The Hall–Kier alpha value is -1.64. The lowest BCUT2D eigenvalue weighted by Gasteiger charge is -2.05. The van der Waals surface area contributed by atoms with Crippen LogP contribution in [0.15, 0.2) is 18.2 Å². The van der Waals surface area contributed by atoms with Crippen molar-refractivity contribution in [2.75, 3.05) is 6.61 Å². The number of esters is 1. The molecule has 15 heavy (non-hydrogen) atoms. The Morgan fingerprint density at radius 2 is 2.13 bits per heavy atom. The van der Waals surface area contributed by atoms with Gasteiger partial charge in [-0.15, -0.1) is 0 Å². The number of hydrogen-bond acceptors (Lipinski definition) is 3. The van der Waals surface area contributed by atoms with Gasteiger partial charge in [0.05, 0.1) is 12.2 Å². The van der Waals surface area contributed by atoms with Gasteiger partial charge in [0.1, 0.15) is 6.29 Å². The fourth-order valence-electron chi connectivity index (χ4n) is 1.37. The van der Waals surface area contributed by atoms with E-state index in [1.54, 1.807) is 25.1 Å². The summed E-state index contributed by atoms with van der Waals surface area (Å²) in [6.07, 6.45) is 1.52. The first-order chi connectivity index (χ1) is 7.22. The van der Waals surface area contributed by atoms with E-state index in [4.69, 9.17) is 4.74 Å². The molecule has 1 aromatic rings. The Kier molecular flexibility index (Phi) is 4.03. The molecule has 0 radical (unpaired) electrons. The number of carbonyl (C=O) groups is 2. The molecule has 0 fully saturated rings. The van der Waals surface area contributed by atoms with Crippen LogP contribution in [0.1, 0.15) is 40.1 Å². The molecular weight excluding hydrogens is 192 g/mol. The summed E-state index contributed by atoms with van der Waals surface area (Å²) in [5.74, 6) is -0.343. The van der Waals surface area contributed by atoms with Gasteiger partial charge in [-0.2, -0.15) is 0 Å². The lowest BCUT2D eigenvalue weighted by atomic mass is 10.0. The molecule has 3 nitrogen and oxygen atoms in total. The Bertz CT molecular complexity index is 369. The average molecular weight is 206 g/mol. The quantitative estimate of drug-likeness (QED) is 0.560. The van der Waals surface area contributed by atoms with E-state index in [-0.39, 0.29) is 5.97 Å². The highest BCUT2D eigenvalue weighted by Gasteiger charge is 2.08. The van der Waals surface area contributed by atoms with Gasteiger partial charge in [0, 0.05) is 5.56 Å². The van der Waals surface area contributed by atoms with Crippen molar-refractivity contribution in [3.05, 3.63) is 34.9 Å². The van der Waals surface area contributed by atoms with Crippen molar-refractivity contribution in [2.24, 2.45) is 0 Å². The second-order valence-corrected chi connectivity index (χ2v) is 3.11. The van der Waals surface area contributed by atoms with Crippen LogP contribution in [0, 0.1) is 0 Å². The molecular formula is C12H14O3. The molecule has 0 aliphatic carbocycles. The summed E-state index contributed by atoms with van der Waals surface area (Å²) in [6.45, 7) is 4.06. The normalized spacial score (nSPS) is 9.73. The molecule has 0 amide bonds. The second-order valence-electron chi connectivity index (χ2n) is 3.11. The van der Waals surface area contributed by atoms with Crippen LogP contribution in [0.2, 0.25) is 0 Å². The summed E-state index contributed by atoms with van der Waals surface area (Å²) >= 11 is 0. The van der Waals surface area contributed by atoms with Crippen LogP contribution >= 0.6 is 0 Å². The van der Waals surface area contributed by atoms with Crippen LogP contribution in [0.5, 0.6) is 0 Å². The number of hydrogen-bond donors (Lipinski definition) is 0. The maximum atomic E-state index is 11.4. The molecule has 0 saturated heterocycles. The molecule has 0 saturated carbocycles. The van der Waals surface area contributed by atoms with Crippen LogP contribution in [0.4, 0.5) is 0 Å². The van der Waals surface area contributed by atoms with Crippen molar-refractivity contribution in [1.82, 2.24) is 0 Å². The highest BCUT2D eigenvalue weighted by Crippen LogP contribution is 2.12. The monoisotopic (exact) mass is 206 g/mol. The molecule has 0 spiro atoms. The van der Waals surface area contributed by atoms with E-state index in [0.717, 1.165) is 18.3 Å². The van der Waals surface area contributed by atoms with Gasteiger partial charge in [-0.3, -0.25) is 4.79 Å². The zero-order valence-electron chi connectivity index (χ0n) is 8.95. The Labute approximate surface area is 89.1 Å². The fourth-order valence-corrected chi connectivity index (χ4v) is 1.37. The van der Waals surface area contributed by atoms with Gasteiger partial charge >= 0.3 is 5.97 Å². The van der Waals surface area contributed by atoms with Gasteiger partial charge in [0.2, 0.25) is 0 Å². The van der Waals surface area contributed by atoms with E-state index in [0.29, 0.717) is 17.7 Å². The number of benzene rings is 1. The Morgan fingerprint density at radius 3 is 2.67 bits per heavy atom. The van der Waals surface area contributed by atoms with Crippen LogP contribution in [-0.2, 0) is 11.2 Å². The van der Waals surface area contributed by atoms with Crippen molar-refractivity contribution in [3.8, 4) is 0 Å². The zero-order chi connectivity index (χ0) is 11.3. The smallest absolute Gasteiger partial charge is 0.338 e. The largest absolute Gasteiger partial charge is 0.462 e. The van der Waals surface area contributed by atoms with Gasteiger partial charge in [0.25, 0.3) is 0 Å². The molecule has 3 heteroatoms. The summed E-state index contributed by atoms with van der Waals surface area (Å²) in [5, 5.41) is 0. The molecule has 0 aromatic heterocycles. The Balaban J connectivity index is 3.02. The predicted octanol–water partition coefficient (Wildman–Crippen LogP) is 2.24. The lowest BCUT2D eigenvalue weighted by Crippen LogP contribution is -2.06. The lowest BCUT2D eigenvalue weighted by molar-refractivity contribution is 0.0526. The third kappa shape index (κ3) is 2.65. The maximum Gasteiger partial charge on any atom is 0.338 e. The van der Waals surface area contributed by atoms with Gasteiger partial charge < -0.3 is 4.74 Å². The van der Waals surface area contributed by atoms with Gasteiger partial charge in [-0.05, 0) is 31.0 Å².